The molecule has 0 fully saturated rings. The van der Waals surface area contributed by atoms with Gasteiger partial charge in [0.2, 0.25) is 10.0 Å². The summed E-state index contributed by atoms with van der Waals surface area (Å²) in [5.74, 6) is 0. The van der Waals surface area contributed by atoms with E-state index in [1.54, 1.807) is 13.0 Å². The van der Waals surface area contributed by atoms with E-state index in [0.717, 1.165) is 35.1 Å². The van der Waals surface area contributed by atoms with Gasteiger partial charge in [-0.3, -0.25) is 0 Å². The third-order valence-electron chi connectivity index (χ3n) is 4.71. The highest BCUT2D eigenvalue weighted by Gasteiger charge is 2.24. The molecule has 0 aliphatic heterocycles. The minimum atomic E-state index is -3.85. The fourth-order valence-electron chi connectivity index (χ4n) is 3.17. The molecule has 0 radical (unpaired) electrons. The van der Waals surface area contributed by atoms with E-state index in [4.69, 9.17) is 16.7 Å². The number of nitrogens with one attached hydrogen (secondary N) is 2. The molecule has 0 heterocycles. The van der Waals surface area contributed by atoms with Gasteiger partial charge in [-0.2, -0.15) is 0 Å². The van der Waals surface area contributed by atoms with E-state index < -0.39 is 16.1 Å². The Morgan fingerprint density at radius 1 is 1.23 bits per heavy atom. The highest BCUT2D eigenvalue weighted by Crippen LogP contribution is 2.33. The Morgan fingerprint density at radius 3 is 2.65 bits per heavy atom. The number of amides is 2. The molecule has 2 amide bonds. The second-order valence-corrected chi connectivity index (χ2v) is 8.49. The maximum absolute atomic E-state index is 12.4. The van der Waals surface area contributed by atoms with Gasteiger partial charge in [0.25, 0.3) is 0 Å². The number of primary sulfonamides is 1. The van der Waals surface area contributed by atoms with Gasteiger partial charge in [0.05, 0.1) is 10.9 Å². The summed E-state index contributed by atoms with van der Waals surface area (Å²) < 4.78 is 23.2. The van der Waals surface area contributed by atoms with E-state index in [-0.39, 0.29) is 10.9 Å². The molecule has 138 valence electrons. The number of benzene rings is 2. The maximum atomic E-state index is 12.4. The molecule has 1 atom stereocenters. The molecule has 8 heteroatoms. The first kappa shape index (κ1) is 18.7. The zero-order chi connectivity index (χ0) is 19.1. The molecule has 3 rings (SSSR count). The van der Waals surface area contributed by atoms with Gasteiger partial charge >= 0.3 is 6.03 Å². The lowest BCUT2D eigenvalue weighted by atomic mass is 10.1. The number of carbonyl (C=O) groups is 1. The highest BCUT2D eigenvalue weighted by atomic mass is 35.5. The van der Waals surface area contributed by atoms with Crippen LogP contribution in [0.25, 0.3) is 0 Å². The number of sulfonamides is 1. The summed E-state index contributed by atoms with van der Waals surface area (Å²) in [5, 5.41) is 11.6. The monoisotopic (exact) mass is 393 g/mol. The van der Waals surface area contributed by atoms with Gasteiger partial charge in [-0.1, -0.05) is 17.7 Å². The maximum Gasteiger partial charge on any atom is 0.319 e. The second kappa shape index (κ2) is 6.90. The van der Waals surface area contributed by atoms with E-state index in [1.807, 2.05) is 19.1 Å². The Bertz CT molecular complexity index is 989. The summed E-state index contributed by atoms with van der Waals surface area (Å²) in [5.41, 5.74) is 4.11. The average Bonchev–Trinajstić information content (AvgIpc) is 2.92. The first-order valence-corrected chi connectivity index (χ1v) is 10.1. The van der Waals surface area contributed by atoms with Gasteiger partial charge < -0.3 is 10.6 Å². The van der Waals surface area contributed by atoms with Crippen LogP contribution < -0.4 is 15.8 Å². The van der Waals surface area contributed by atoms with E-state index >= 15 is 0 Å². The largest absolute Gasteiger partial charge is 0.331 e. The molecule has 4 N–H and O–H groups in total. The summed E-state index contributed by atoms with van der Waals surface area (Å²) >= 11 is 6.01. The topological polar surface area (TPSA) is 101 Å². The Morgan fingerprint density at radius 2 is 1.96 bits per heavy atom. The van der Waals surface area contributed by atoms with Gasteiger partial charge in [0.1, 0.15) is 0 Å². The molecule has 0 aromatic heterocycles. The summed E-state index contributed by atoms with van der Waals surface area (Å²) in [7, 11) is -3.85. The van der Waals surface area contributed by atoms with E-state index in [2.05, 4.69) is 10.6 Å². The predicted molar refractivity (Wildman–Crippen MR) is 102 cm³/mol. The molecule has 26 heavy (non-hydrogen) atoms. The lowest BCUT2D eigenvalue weighted by molar-refractivity contribution is 0.248. The molecule has 0 bridgehead atoms. The number of urea groups is 1. The summed E-state index contributed by atoms with van der Waals surface area (Å²) in [6, 6.07) is 8.01. The molecule has 2 aromatic rings. The zero-order valence-electron chi connectivity index (χ0n) is 14.5. The SMILES string of the molecule is Cc1cc(S(N)(=O)=O)cc(NC(=O)NC2CCc3cc(Cl)ccc32)c1C. The number of fused-ring (bicyclic) bond motifs is 1. The molecule has 1 unspecified atom stereocenters. The normalized spacial score (nSPS) is 16.2. The van der Waals surface area contributed by atoms with Crippen molar-refractivity contribution in [2.24, 2.45) is 5.14 Å². The van der Waals surface area contributed by atoms with Crippen LogP contribution in [0.2, 0.25) is 5.02 Å². The first-order valence-electron chi connectivity index (χ1n) is 8.15. The number of hydrogen-bond acceptors (Lipinski definition) is 3. The lowest BCUT2D eigenvalue weighted by Gasteiger charge is -2.17. The van der Waals surface area contributed by atoms with E-state index in [9.17, 15) is 13.2 Å². The van der Waals surface area contributed by atoms with E-state index in [0.29, 0.717) is 10.7 Å². The number of halogens is 1. The lowest BCUT2D eigenvalue weighted by Crippen LogP contribution is -2.32. The molecule has 6 nitrogen and oxygen atoms in total. The minimum Gasteiger partial charge on any atom is -0.331 e. The summed E-state index contributed by atoms with van der Waals surface area (Å²) in [6.45, 7) is 3.58. The third-order valence-corrected chi connectivity index (χ3v) is 5.83. The van der Waals surface area contributed by atoms with Crippen molar-refractivity contribution >= 4 is 33.3 Å². The smallest absolute Gasteiger partial charge is 0.319 e. The fourth-order valence-corrected chi connectivity index (χ4v) is 3.99. The van der Waals surface area contributed by atoms with Crippen LogP contribution in [0.15, 0.2) is 35.2 Å². The Balaban J connectivity index is 1.79. The van der Waals surface area contributed by atoms with Crippen LogP contribution >= 0.6 is 11.6 Å². The van der Waals surface area contributed by atoms with Crippen molar-refractivity contribution in [3.63, 3.8) is 0 Å². The Hall–Kier alpha value is -2.09. The van der Waals surface area contributed by atoms with Crippen LogP contribution in [0.1, 0.15) is 34.7 Å². The highest BCUT2D eigenvalue weighted by molar-refractivity contribution is 7.89. The fraction of sp³-hybridized carbons (Fsp3) is 0.278. The molecule has 1 aliphatic rings. The summed E-state index contributed by atoms with van der Waals surface area (Å²) in [4.78, 5) is 12.4. The zero-order valence-corrected chi connectivity index (χ0v) is 16.0. The summed E-state index contributed by atoms with van der Waals surface area (Å²) in [6.07, 6.45) is 1.64. The van der Waals surface area contributed by atoms with Crippen LogP contribution in [-0.4, -0.2) is 14.4 Å². The van der Waals surface area contributed by atoms with Gasteiger partial charge in [0, 0.05) is 10.7 Å². The van der Waals surface area contributed by atoms with Gasteiger partial charge in [-0.25, -0.2) is 18.4 Å². The minimum absolute atomic E-state index is 0.0308. The van der Waals surface area contributed by atoms with Crippen molar-refractivity contribution in [3.8, 4) is 0 Å². The van der Waals surface area contributed by atoms with Gasteiger partial charge in [-0.05, 0) is 73.2 Å². The number of hydrogen-bond donors (Lipinski definition) is 3. The molecule has 0 spiro atoms. The molecule has 0 saturated carbocycles. The van der Waals surface area contributed by atoms with Gasteiger partial charge in [-0.15, -0.1) is 0 Å². The van der Waals surface area contributed by atoms with Crippen molar-refractivity contribution in [2.45, 2.75) is 37.6 Å². The standard InChI is InChI=1S/C18H20ClN3O3S/c1-10-7-14(26(20,24)25)9-17(11(10)2)22-18(23)21-16-6-3-12-8-13(19)4-5-15(12)16/h4-5,7-9,16H,3,6H2,1-2H3,(H2,20,24,25)(H2,21,22,23). The van der Waals surface area contributed by atoms with Crippen LogP contribution in [0.4, 0.5) is 10.5 Å². The van der Waals surface area contributed by atoms with Crippen LogP contribution in [0.3, 0.4) is 0 Å². The second-order valence-electron chi connectivity index (χ2n) is 6.49. The van der Waals surface area contributed by atoms with Crippen molar-refractivity contribution in [2.75, 3.05) is 5.32 Å². The average molecular weight is 394 g/mol. The predicted octanol–water partition coefficient (Wildman–Crippen LogP) is 3.41. The third kappa shape index (κ3) is 3.85. The van der Waals surface area contributed by atoms with Crippen LogP contribution in [0.5, 0.6) is 0 Å². The van der Waals surface area contributed by atoms with Crippen molar-refractivity contribution in [3.05, 3.63) is 57.6 Å². The number of nitrogens with two attached hydrogens (primary N) is 1. The number of anilines is 1. The van der Waals surface area contributed by atoms with Crippen molar-refractivity contribution < 1.29 is 13.2 Å². The van der Waals surface area contributed by atoms with E-state index in [1.165, 1.54) is 12.1 Å². The number of carbonyl (C=O) groups excluding carboxylic acids is 1. The van der Waals surface area contributed by atoms with Crippen molar-refractivity contribution in [1.82, 2.24) is 5.32 Å². The van der Waals surface area contributed by atoms with Crippen molar-refractivity contribution in [1.29, 1.82) is 0 Å². The molecule has 0 saturated heterocycles. The first-order chi connectivity index (χ1) is 12.1. The Labute approximate surface area is 157 Å². The number of rotatable bonds is 3. The van der Waals surface area contributed by atoms with Crippen LogP contribution in [-0.2, 0) is 16.4 Å². The molecular formula is C18H20ClN3O3S. The van der Waals surface area contributed by atoms with Crippen LogP contribution in [0, 0.1) is 13.8 Å². The Kier molecular flexibility index (Phi) is 4.96. The quantitative estimate of drug-likeness (QED) is 0.744. The van der Waals surface area contributed by atoms with Gasteiger partial charge in [0.15, 0.2) is 0 Å². The molecule has 1 aliphatic carbocycles. The number of aryl methyl sites for hydroxylation is 2. The molecular weight excluding hydrogens is 374 g/mol. The molecule has 2 aromatic carbocycles.